The van der Waals surface area contributed by atoms with E-state index in [0.717, 1.165) is 0 Å². The fourth-order valence-corrected chi connectivity index (χ4v) is 6.87. The van der Waals surface area contributed by atoms with E-state index in [-0.39, 0.29) is 10.9 Å². The molecule has 0 aliphatic heterocycles. The molecule has 0 radical (unpaired) electrons. The molecule has 0 aliphatic carbocycles. The third-order valence-electron chi connectivity index (χ3n) is 5.17. The van der Waals surface area contributed by atoms with Gasteiger partial charge in [-0.2, -0.15) is 0 Å². The van der Waals surface area contributed by atoms with Gasteiger partial charge in [0.05, 0.1) is 10.9 Å². The van der Waals surface area contributed by atoms with Crippen molar-refractivity contribution in [1.82, 2.24) is 0 Å². The molecule has 0 saturated carbocycles. The van der Waals surface area contributed by atoms with Crippen LogP contribution in [0.3, 0.4) is 0 Å². The molecule has 0 bridgehead atoms. The molecule has 4 aromatic carbocycles. The summed E-state index contributed by atoms with van der Waals surface area (Å²) in [4.78, 5) is 6.76. The van der Waals surface area contributed by atoms with E-state index < -0.39 is 0 Å². The third kappa shape index (κ3) is 4.66. The predicted octanol–water partition coefficient (Wildman–Crippen LogP) is 8.17. The van der Waals surface area contributed by atoms with Gasteiger partial charge in [0.25, 0.3) is 0 Å². The normalized spacial score (nSPS) is 11.1. The van der Waals surface area contributed by atoms with Crippen LogP contribution in [0.25, 0.3) is 0 Å². The van der Waals surface area contributed by atoms with E-state index >= 15 is 0 Å². The molecule has 30 heavy (non-hydrogen) atoms. The Labute approximate surface area is 187 Å². The van der Waals surface area contributed by atoms with Crippen LogP contribution >= 0.6 is 11.8 Å². The zero-order chi connectivity index (χ0) is 21.1. The Kier molecular flexibility index (Phi) is 6.36. The van der Waals surface area contributed by atoms with Crippen molar-refractivity contribution >= 4 is 22.7 Å². The highest BCUT2D eigenvalue weighted by Gasteiger charge is 2.32. The van der Waals surface area contributed by atoms with Gasteiger partial charge < -0.3 is 0 Å². The van der Waals surface area contributed by atoms with E-state index in [2.05, 4.69) is 119 Å². The molecule has 0 spiro atoms. The molecule has 0 aliphatic rings. The molecule has 4 rings (SSSR count). The van der Waals surface area contributed by atoms with Gasteiger partial charge in [0.1, 0.15) is 0 Å². The zero-order valence-corrected chi connectivity index (χ0v) is 19.6. The van der Waals surface area contributed by atoms with Crippen LogP contribution in [0.2, 0.25) is 0 Å². The van der Waals surface area contributed by atoms with Crippen molar-refractivity contribution in [2.24, 2.45) is 0 Å². The summed E-state index contributed by atoms with van der Waals surface area (Å²) in [6.07, 6.45) is 0. The monoisotopic (exact) mass is 427 g/mol. The summed E-state index contributed by atoms with van der Waals surface area (Å²) in [6, 6.07) is 33.4. The SMILES string of the molecule is Cc1ccc(C)c([S+](c2ccc(Sc3ccccc3)cc2)c2cc(C)ccc2C)c1. The average molecular weight is 428 g/mol. The summed E-state index contributed by atoms with van der Waals surface area (Å²) < 4.78 is 0. The van der Waals surface area contributed by atoms with Gasteiger partial charge in [0.2, 0.25) is 0 Å². The summed E-state index contributed by atoms with van der Waals surface area (Å²) in [5.74, 6) is 0. The molecule has 0 amide bonds. The molecule has 0 nitrogen and oxygen atoms in total. The second-order valence-corrected chi connectivity index (χ2v) is 10.8. The van der Waals surface area contributed by atoms with Crippen molar-refractivity contribution in [2.75, 3.05) is 0 Å². The van der Waals surface area contributed by atoms with E-state index in [9.17, 15) is 0 Å². The van der Waals surface area contributed by atoms with Crippen molar-refractivity contribution in [3.05, 3.63) is 113 Å². The van der Waals surface area contributed by atoms with E-state index in [1.54, 1.807) is 0 Å². The van der Waals surface area contributed by atoms with Gasteiger partial charge in [-0.25, -0.2) is 0 Å². The molecule has 2 heteroatoms. The second-order valence-electron chi connectivity index (χ2n) is 7.73. The summed E-state index contributed by atoms with van der Waals surface area (Å²) in [5.41, 5.74) is 5.34. The molecule has 0 fully saturated rings. The van der Waals surface area contributed by atoms with Gasteiger partial charge in [0.15, 0.2) is 14.7 Å². The van der Waals surface area contributed by atoms with Crippen LogP contribution in [0.5, 0.6) is 0 Å². The van der Waals surface area contributed by atoms with Crippen molar-refractivity contribution < 1.29 is 0 Å². The Bertz CT molecular complexity index is 1090. The largest absolute Gasteiger partial charge is 0.169 e. The maximum absolute atomic E-state index is 2.37. The van der Waals surface area contributed by atoms with Gasteiger partial charge in [-0.3, -0.25) is 0 Å². The Hall–Kier alpha value is -2.42. The summed E-state index contributed by atoms with van der Waals surface area (Å²) in [5, 5.41) is 0. The predicted molar refractivity (Wildman–Crippen MR) is 131 cm³/mol. The molecule has 0 heterocycles. The molecule has 150 valence electrons. The van der Waals surface area contributed by atoms with Crippen molar-refractivity contribution in [3.8, 4) is 0 Å². The van der Waals surface area contributed by atoms with Gasteiger partial charge in [-0.05, 0) is 87.4 Å². The van der Waals surface area contributed by atoms with Gasteiger partial charge in [-0.15, -0.1) is 0 Å². The summed E-state index contributed by atoms with van der Waals surface area (Å²) in [6.45, 7) is 8.85. The average Bonchev–Trinajstić information content (AvgIpc) is 2.75. The fourth-order valence-electron chi connectivity index (χ4n) is 3.50. The minimum absolute atomic E-state index is 0.122. The van der Waals surface area contributed by atoms with Crippen LogP contribution in [0.1, 0.15) is 22.3 Å². The van der Waals surface area contributed by atoms with Crippen molar-refractivity contribution in [1.29, 1.82) is 0 Å². The number of benzene rings is 4. The molecule has 0 atom stereocenters. The van der Waals surface area contributed by atoms with Crippen LogP contribution in [0, 0.1) is 27.7 Å². The molecule has 0 N–H and O–H groups in total. The minimum atomic E-state index is -0.122. The Morgan fingerprint density at radius 3 is 1.57 bits per heavy atom. The quantitative estimate of drug-likeness (QED) is 0.289. The van der Waals surface area contributed by atoms with Crippen molar-refractivity contribution in [3.63, 3.8) is 0 Å². The lowest BCUT2D eigenvalue weighted by molar-refractivity contribution is 1.19. The second kappa shape index (κ2) is 9.16. The first kappa shape index (κ1) is 20.8. The lowest BCUT2D eigenvalue weighted by atomic mass is 10.2. The highest BCUT2D eigenvalue weighted by molar-refractivity contribution is 7.99. The summed E-state index contributed by atoms with van der Waals surface area (Å²) in [7, 11) is -0.122. The van der Waals surface area contributed by atoms with Gasteiger partial charge >= 0.3 is 0 Å². The lowest BCUT2D eigenvalue weighted by Gasteiger charge is -2.14. The summed E-state index contributed by atoms with van der Waals surface area (Å²) >= 11 is 1.81. The highest BCUT2D eigenvalue weighted by Crippen LogP contribution is 2.37. The van der Waals surface area contributed by atoms with Crippen LogP contribution in [0.15, 0.2) is 115 Å². The Morgan fingerprint density at radius 1 is 0.533 bits per heavy atom. The lowest BCUT2D eigenvalue weighted by Crippen LogP contribution is -2.09. The Morgan fingerprint density at radius 2 is 1.03 bits per heavy atom. The standard InChI is InChI=1S/C28H27S2/c1-20-10-12-22(3)27(18-20)30(28-19-21(2)11-13-23(28)4)26-16-14-25(15-17-26)29-24-8-6-5-7-9-24/h5-19H,1-4H3/q+1. The molecule has 0 aromatic heterocycles. The zero-order valence-electron chi connectivity index (χ0n) is 18.0. The van der Waals surface area contributed by atoms with Crippen LogP contribution in [-0.4, -0.2) is 0 Å². The van der Waals surface area contributed by atoms with Gasteiger partial charge in [0, 0.05) is 20.9 Å². The number of aryl methyl sites for hydroxylation is 4. The maximum Gasteiger partial charge on any atom is 0.169 e. The molecule has 4 aromatic rings. The molecule has 0 saturated heterocycles. The molecular weight excluding hydrogens is 400 g/mol. The van der Waals surface area contributed by atoms with E-state index in [0.29, 0.717) is 0 Å². The van der Waals surface area contributed by atoms with E-state index in [1.807, 2.05) is 11.8 Å². The van der Waals surface area contributed by atoms with Crippen molar-refractivity contribution in [2.45, 2.75) is 52.2 Å². The Balaban J connectivity index is 1.78. The fraction of sp³-hybridized carbons (Fsp3) is 0.143. The molecule has 0 unspecified atom stereocenters. The van der Waals surface area contributed by atoms with Crippen LogP contribution < -0.4 is 0 Å². The topological polar surface area (TPSA) is 0 Å². The van der Waals surface area contributed by atoms with Crippen LogP contribution in [-0.2, 0) is 10.9 Å². The minimum Gasteiger partial charge on any atom is -0.0901 e. The van der Waals surface area contributed by atoms with Crippen LogP contribution in [0.4, 0.5) is 0 Å². The number of rotatable bonds is 5. The maximum atomic E-state index is 2.37. The van der Waals surface area contributed by atoms with Gasteiger partial charge in [-0.1, -0.05) is 54.2 Å². The first-order valence-corrected chi connectivity index (χ1v) is 12.3. The smallest absolute Gasteiger partial charge is 0.0901 e. The number of hydrogen-bond donors (Lipinski definition) is 0. The van der Waals surface area contributed by atoms with E-state index in [4.69, 9.17) is 0 Å². The van der Waals surface area contributed by atoms with E-state index in [1.165, 1.54) is 46.7 Å². The number of hydrogen-bond acceptors (Lipinski definition) is 1. The highest BCUT2D eigenvalue weighted by atomic mass is 32.2. The molecular formula is C28H27S2+. The third-order valence-corrected chi connectivity index (χ3v) is 8.68. The first-order valence-electron chi connectivity index (χ1n) is 10.2. The first-order chi connectivity index (χ1) is 14.5.